The minimum atomic E-state index is -0.0678. The van der Waals surface area contributed by atoms with Crippen LogP contribution >= 0.6 is 0 Å². The first-order valence-electron chi connectivity index (χ1n) is 16.9. The third kappa shape index (κ3) is 8.87. The molecule has 0 spiro atoms. The standard InChI is InChI=1S/C27H26N.C19H16O3/c1-5-13-24(14-6-1)21-28(27-19-11-4-12-20-27,22-25-15-7-2-8-16-25)23-26-17-9-3-10-18-26;20-16-7-1-13(2-8-16)19(14-3-9-17(21)10-4-14)15-5-11-18(22)12-6-15/h1-20H,21-23H2;1-12,19-22H/q+1;/p-1. The predicted molar refractivity (Wildman–Crippen MR) is 202 cm³/mol. The van der Waals surface area contributed by atoms with Gasteiger partial charge in [0.2, 0.25) is 0 Å². The van der Waals surface area contributed by atoms with Crippen molar-refractivity contribution < 1.29 is 15.3 Å². The molecule has 0 fully saturated rings. The number of hydrogen-bond acceptors (Lipinski definition) is 3. The van der Waals surface area contributed by atoms with Crippen LogP contribution in [0.2, 0.25) is 0 Å². The van der Waals surface area contributed by atoms with Crippen LogP contribution in [-0.4, -0.2) is 10.2 Å². The quantitative estimate of drug-likeness (QED) is 0.114. The van der Waals surface area contributed by atoms with Crippen molar-refractivity contribution in [3.63, 3.8) is 0 Å². The summed E-state index contributed by atoms with van der Waals surface area (Å²) in [7, 11) is 0. The maximum absolute atomic E-state index is 11.3. The molecule has 7 rings (SSSR count). The first-order valence-corrected chi connectivity index (χ1v) is 16.9. The van der Waals surface area contributed by atoms with Crippen LogP contribution < -0.4 is 9.59 Å². The van der Waals surface area contributed by atoms with Gasteiger partial charge in [0.25, 0.3) is 0 Å². The third-order valence-corrected chi connectivity index (χ3v) is 8.95. The van der Waals surface area contributed by atoms with Crippen LogP contribution in [-0.2, 0) is 19.6 Å². The summed E-state index contributed by atoms with van der Waals surface area (Å²) in [6.45, 7) is 2.86. The van der Waals surface area contributed by atoms with E-state index in [0.717, 1.165) is 40.8 Å². The number of phenols is 2. The summed E-state index contributed by atoms with van der Waals surface area (Å²) in [4.78, 5) is 0. The lowest BCUT2D eigenvalue weighted by atomic mass is 9.85. The van der Waals surface area contributed by atoms with Gasteiger partial charge in [-0.1, -0.05) is 158 Å². The number of para-hydroxylation sites is 1. The van der Waals surface area contributed by atoms with E-state index >= 15 is 0 Å². The van der Waals surface area contributed by atoms with E-state index in [1.165, 1.54) is 22.4 Å². The van der Waals surface area contributed by atoms with Crippen LogP contribution in [0.4, 0.5) is 5.69 Å². The number of nitrogens with zero attached hydrogens (tertiary/aromatic N) is 1. The Labute approximate surface area is 295 Å². The van der Waals surface area contributed by atoms with Gasteiger partial charge in [0, 0.05) is 22.6 Å². The fourth-order valence-electron chi connectivity index (χ4n) is 6.56. The molecule has 0 heterocycles. The van der Waals surface area contributed by atoms with Gasteiger partial charge in [-0.25, -0.2) is 0 Å². The van der Waals surface area contributed by atoms with Crippen molar-refractivity contribution in [1.82, 2.24) is 4.48 Å². The van der Waals surface area contributed by atoms with Crippen LogP contribution in [0, 0.1) is 0 Å². The highest BCUT2D eigenvalue weighted by atomic mass is 16.3. The minimum Gasteiger partial charge on any atom is -0.872 e. The Morgan fingerprint density at radius 2 is 0.680 bits per heavy atom. The molecule has 0 bridgehead atoms. The van der Waals surface area contributed by atoms with Crippen molar-refractivity contribution in [2.24, 2.45) is 0 Å². The van der Waals surface area contributed by atoms with Crippen molar-refractivity contribution in [3.05, 3.63) is 228 Å². The Morgan fingerprint density at radius 1 is 0.380 bits per heavy atom. The number of phenolic OH excluding ortho intramolecular Hbond substituents is 2. The lowest BCUT2D eigenvalue weighted by molar-refractivity contribution is -0.268. The topological polar surface area (TPSA) is 63.5 Å². The average Bonchev–Trinajstić information content (AvgIpc) is 3.16. The first-order chi connectivity index (χ1) is 24.5. The number of hydrogen-bond donors (Lipinski definition) is 2. The fraction of sp³-hybridized carbons (Fsp3) is 0.0870. The SMILES string of the molecule is [O-]c1ccc(C(c2ccc(O)cc2)c2ccc(O)cc2)cc1.c1ccc(C[N+](Cc2ccccc2)(Cc2ccccc2)c2ccccc2)cc1. The number of benzene rings is 7. The van der Waals surface area contributed by atoms with E-state index in [0.29, 0.717) is 0 Å². The van der Waals surface area contributed by atoms with E-state index in [1.54, 1.807) is 36.4 Å². The van der Waals surface area contributed by atoms with Crippen LogP contribution in [0.25, 0.3) is 0 Å². The Balaban J connectivity index is 0.000000178. The molecule has 4 heteroatoms. The van der Waals surface area contributed by atoms with E-state index in [2.05, 4.69) is 121 Å². The Hall–Kier alpha value is -6.10. The summed E-state index contributed by atoms with van der Waals surface area (Å²) >= 11 is 0. The molecule has 0 amide bonds. The van der Waals surface area contributed by atoms with E-state index < -0.39 is 0 Å². The Morgan fingerprint density at radius 3 is 1.02 bits per heavy atom. The van der Waals surface area contributed by atoms with Gasteiger partial charge >= 0.3 is 0 Å². The van der Waals surface area contributed by atoms with E-state index in [-0.39, 0.29) is 23.2 Å². The first kappa shape index (κ1) is 33.8. The zero-order valence-electron chi connectivity index (χ0n) is 27.9. The molecule has 0 aliphatic rings. The molecule has 7 aromatic carbocycles. The molecule has 0 saturated heterocycles. The number of aromatic hydroxyl groups is 2. The molecule has 0 aromatic heterocycles. The Kier molecular flexibility index (Phi) is 11.0. The maximum atomic E-state index is 11.3. The zero-order chi connectivity index (χ0) is 34.6. The third-order valence-electron chi connectivity index (χ3n) is 8.95. The van der Waals surface area contributed by atoms with Crippen molar-refractivity contribution in [3.8, 4) is 17.2 Å². The lowest BCUT2D eigenvalue weighted by Crippen LogP contribution is -2.47. The zero-order valence-corrected chi connectivity index (χ0v) is 27.9. The van der Waals surface area contributed by atoms with Gasteiger partial charge in [-0.2, -0.15) is 0 Å². The van der Waals surface area contributed by atoms with Crippen molar-refractivity contribution in [2.45, 2.75) is 25.6 Å². The van der Waals surface area contributed by atoms with Crippen molar-refractivity contribution >= 4 is 5.69 Å². The molecule has 7 aromatic rings. The second-order valence-electron chi connectivity index (χ2n) is 12.6. The van der Waals surface area contributed by atoms with Gasteiger partial charge in [-0.05, 0) is 53.1 Å². The highest BCUT2D eigenvalue weighted by Crippen LogP contribution is 2.34. The smallest absolute Gasteiger partial charge is 0.133 e. The van der Waals surface area contributed by atoms with Gasteiger partial charge in [-0.3, -0.25) is 4.48 Å². The molecule has 0 saturated carbocycles. The van der Waals surface area contributed by atoms with Crippen LogP contribution in [0.3, 0.4) is 0 Å². The number of quaternary nitrogens is 1. The predicted octanol–water partition coefficient (Wildman–Crippen LogP) is 9.95. The van der Waals surface area contributed by atoms with Crippen LogP contribution in [0.15, 0.2) is 194 Å². The minimum absolute atomic E-state index is 0.0288. The molecule has 0 unspecified atom stereocenters. The van der Waals surface area contributed by atoms with Crippen LogP contribution in [0.1, 0.15) is 39.3 Å². The van der Waals surface area contributed by atoms with Crippen molar-refractivity contribution in [1.29, 1.82) is 0 Å². The van der Waals surface area contributed by atoms with Gasteiger partial charge in [0.1, 0.15) is 36.8 Å². The summed E-state index contributed by atoms with van der Waals surface area (Å²) in [5.74, 6) is 0.326. The van der Waals surface area contributed by atoms with E-state index in [1.807, 2.05) is 36.4 Å². The van der Waals surface area contributed by atoms with Gasteiger partial charge in [-0.15, -0.1) is 5.75 Å². The molecule has 0 atom stereocenters. The molecular weight excluding hydrogens is 615 g/mol. The summed E-state index contributed by atoms with van der Waals surface area (Å²) in [6, 6.07) is 64.2. The lowest BCUT2D eigenvalue weighted by Gasteiger charge is -2.39. The second-order valence-corrected chi connectivity index (χ2v) is 12.6. The van der Waals surface area contributed by atoms with E-state index in [4.69, 9.17) is 0 Å². The highest BCUT2D eigenvalue weighted by molar-refractivity contribution is 5.47. The summed E-state index contributed by atoms with van der Waals surface area (Å²) in [5, 5.41) is 30.3. The summed E-state index contributed by atoms with van der Waals surface area (Å²) in [5.41, 5.74) is 8.41. The normalized spacial score (nSPS) is 11.1. The van der Waals surface area contributed by atoms with Crippen LogP contribution in [0.5, 0.6) is 17.2 Å². The van der Waals surface area contributed by atoms with Crippen molar-refractivity contribution in [2.75, 3.05) is 0 Å². The molecule has 0 aliphatic carbocycles. The fourth-order valence-corrected chi connectivity index (χ4v) is 6.56. The molecule has 0 aliphatic heterocycles. The summed E-state index contributed by atoms with van der Waals surface area (Å²) < 4.78 is 0.860. The van der Waals surface area contributed by atoms with E-state index in [9.17, 15) is 15.3 Å². The molecule has 4 nitrogen and oxygen atoms in total. The Bertz CT molecular complexity index is 1800. The maximum Gasteiger partial charge on any atom is 0.133 e. The molecule has 2 N–H and O–H groups in total. The van der Waals surface area contributed by atoms with Gasteiger partial charge < -0.3 is 15.3 Å². The second kappa shape index (κ2) is 16.3. The molecule has 248 valence electrons. The van der Waals surface area contributed by atoms with Gasteiger partial charge in [0.15, 0.2) is 0 Å². The average molecular weight is 656 g/mol. The molecule has 0 radical (unpaired) electrons. The summed E-state index contributed by atoms with van der Waals surface area (Å²) in [6.07, 6.45) is 0. The molecule has 50 heavy (non-hydrogen) atoms. The molecular formula is C46H41NO3. The highest BCUT2D eigenvalue weighted by Gasteiger charge is 2.31. The monoisotopic (exact) mass is 655 g/mol. The van der Waals surface area contributed by atoms with Gasteiger partial charge in [0.05, 0.1) is 0 Å². The number of rotatable bonds is 10. The largest absolute Gasteiger partial charge is 0.872 e.